The second-order valence-corrected chi connectivity index (χ2v) is 6.88. The van der Waals surface area contributed by atoms with Gasteiger partial charge < -0.3 is 5.32 Å². The monoisotopic (exact) mass is 322 g/mol. The first kappa shape index (κ1) is 16.7. The van der Waals surface area contributed by atoms with E-state index in [2.05, 4.69) is 42.3 Å². The highest BCUT2D eigenvalue weighted by Crippen LogP contribution is 2.24. The van der Waals surface area contributed by atoms with Crippen LogP contribution in [-0.2, 0) is 6.54 Å². The van der Waals surface area contributed by atoms with Crippen LogP contribution in [0.25, 0.3) is 0 Å². The first-order valence-electron chi connectivity index (χ1n) is 8.85. The first-order valence-corrected chi connectivity index (χ1v) is 8.85. The Bertz CT molecular complexity index is 685. The van der Waals surface area contributed by atoms with E-state index in [0.717, 1.165) is 17.8 Å². The molecule has 2 aromatic rings. The largest absolute Gasteiger partial charge is 0.322 e. The van der Waals surface area contributed by atoms with Gasteiger partial charge in [0.05, 0.1) is 0 Å². The second-order valence-electron chi connectivity index (χ2n) is 6.88. The van der Waals surface area contributed by atoms with Gasteiger partial charge in [-0.25, -0.2) is 0 Å². The van der Waals surface area contributed by atoms with E-state index in [1.54, 1.807) is 0 Å². The molecule has 0 atom stereocenters. The SMILES string of the molecule is CC(C)c1ccccc1NC(=O)c1ccc(CN2CCCC2)cc1. The molecule has 1 amide bonds. The Balaban J connectivity index is 1.67. The molecule has 1 N–H and O–H groups in total. The molecule has 0 saturated carbocycles. The van der Waals surface area contributed by atoms with Gasteiger partial charge in [0, 0.05) is 17.8 Å². The fraction of sp³-hybridized carbons (Fsp3) is 0.381. The van der Waals surface area contributed by atoms with E-state index in [1.165, 1.54) is 31.5 Å². The summed E-state index contributed by atoms with van der Waals surface area (Å²) in [6, 6.07) is 16.0. The number of rotatable bonds is 5. The number of hydrogen-bond acceptors (Lipinski definition) is 2. The summed E-state index contributed by atoms with van der Waals surface area (Å²) < 4.78 is 0. The summed E-state index contributed by atoms with van der Waals surface area (Å²) >= 11 is 0. The minimum absolute atomic E-state index is 0.0455. The number of hydrogen-bond donors (Lipinski definition) is 1. The van der Waals surface area contributed by atoms with Gasteiger partial charge in [-0.05, 0) is 61.2 Å². The summed E-state index contributed by atoms with van der Waals surface area (Å²) in [4.78, 5) is 15.0. The number of carbonyl (C=O) groups excluding carboxylic acids is 1. The van der Waals surface area contributed by atoms with Crippen LogP contribution in [0.4, 0.5) is 5.69 Å². The number of amides is 1. The molecular formula is C21H26N2O. The molecule has 3 nitrogen and oxygen atoms in total. The number of nitrogens with zero attached hydrogens (tertiary/aromatic N) is 1. The molecule has 1 aliphatic rings. The van der Waals surface area contributed by atoms with E-state index in [-0.39, 0.29) is 5.91 Å². The van der Waals surface area contributed by atoms with Gasteiger partial charge in [0.1, 0.15) is 0 Å². The van der Waals surface area contributed by atoms with Gasteiger partial charge in [-0.3, -0.25) is 9.69 Å². The van der Waals surface area contributed by atoms with Crippen LogP contribution in [0, 0.1) is 0 Å². The summed E-state index contributed by atoms with van der Waals surface area (Å²) in [7, 11) is 0. The summed E-state index contributed by atoms with van der Waals surface area (Å²) in [6.07, 6.45) is 2.60. The van der Waals surface area contributed by atoms with Crippen molar-refractivity contribution in [2.75, 3.05) is 18.4 Å². The van der Waals surface area contributed by atoms with Crippen molar-refractivity contribution in [3.05, 3.63) is 65.2 Å². The van der Waals surface area contributed by atoms with Crippen molar-refractivity contribution < 1.29 is 4.79 Å². The third kappa shape index (κ3) is 4.04. The van der Waals surface area contributed by atoms with Crippen LogP contribution in [0.1, 0.15) is 54.1 Å². The lowest BCUT2D eigenvalue weighted by atomic mass is 10.0. The Morgan fingerprint density at radius 3 is 2.38 bits per heavy atom. The number of nitrogens with one attached hydrogen (secondary N) is 1. The highest BCUT2D eigenvalue weighted by atomic mass is 16.1. The average Bonchev–Trinajstić information content (AvgIpc) is 3.09. The molecule has 1 fully saturated rings. The first-order chi connectivity index (χ1) is 11.6. The topological polar surface area (TPSA) is 32.3 Å². The van der Waals surface area contributed by atoms with E-state index in [1.807, 2.05) is 30.3 Å². The number of benzene rings is 2. The van der Waals surface area contributed by atoms with E-state index < -0.39 is 0 Å². The van der Waals surface area contributed by atoms with Gasteiger partial charge in [-0.2, -0.15) is 0 Å². The minimum Gasteiger partial charge on any atom is -0.322 e. The number of carbonyl (C=O) groups is 1. The lowest BCUT2D eigenvalue weighted by molar-refractivity contribution is 0.102. The zero-order valence-corrected chi connectivity index (χ0v) is 14.6. The second kappa shape index (κ2) is 7.63. The van der Waals surface area contributed by atoms with Crippen LogP contribution in [-0.4, -0.2) is 23.9 Å². The summed E-state index contributed by atoms with van der Waals surface area (Å²) in [5.41, 5.74) is 4.05. The van der Waals surface area contributed by atoms with Crippen LogP contribution in [0.15, 0.2) is 48.5 Å². The molecule has 24 heavy (non-hydrogen) atoms. The fourth-order valence-electron chi connectivity index (χ4n) is 3.27. The van der Waals surface area contributed by atoms with Crippen molar-refractivity contribution >= 4 is 11.6 Å². The van der Waals surface area contributed by atoms with E-state index in [9.17, 15) is 4.79 Å². The van der Waals surface area contributed by atoms with Crippen LogP contribution in [0.3, 0.4) is 0 Å². The zero-order chi connectivity index (χ0) is 16.9. The number of likely N-dealkylation sites (tertiary alicyclic amines) is 1. The highest BCUT2D eigenvalue weighted by Gasteiger charge is 2.13. The molecule has 0 bridgehead atoms. The summed E-state index contributed by atoms with van der Waals surface area (Å²) in [5.74, 6) is 0.333. The summed E-state index contributed by atoms with van der Waals surface area (Å²) in [6.45, 7) is 7.64. The van der Waals surface area contributed by atoms with Gasteiger partial charge in [0.15, 0.2) is 0 Å². The highest BCUT2D eigenvalue weighted by molar-refractivity contribution is 6.04. The molecule has 0 aromatic heterocycles. The maximum Gasteiger partial charge on any atom is 0.255 e. The van der Waals surface area contributed by atoms with Crippen molar-refractivity contribution in [1.29, 1.82) is 0 Å². The Morgan fingerprint density at radius 1 is 1.04 bits per heavy atom. The minimum atomic E-state index is -0.0455. The molecule has 0 spiro atoms. The molecule has 0 unspecified atom stereocenters. The van der Waals surface area contributed by atoms with Crippen molar-refractivity contribution in [3.8, 4) is 0 Å². The third-order valence-corrected chi connectivity index (χ3v) is 4.65. The maximum atomic E-state index is 12.5. The van der Waals surface area contributed by atoms with E-state index in [4.69, 9.17) is 0 Å². The molecule has 3 rings (SSSR count). The predicted octanol–water partition coefficient (Wildman–Crippen LogP) is 4.66. The third-order valence-electron chi connectivity index (χ3n) is 4.65. The van der Waals surface area contributed by atoms with Gasteiger partial charge in [-0.15, -0.1) is 0 Å². The van der Waals surface area contributed by atoms with Crippen LogP contribution >= 0.6 is 0 Å². The van der Waals surface area contributed by atoms with Gasteiger partial charge in [0.25, 0.3) is 5.91 Å². The molecule has 1 saturated heterocycles. The standard InChI is InChI=1S/C21H26N2O/c1-16(2)19-7-3-4-8-20(19)22-21(24)18-11-9-17(10-12-18)15-23-13-5-6-14-23/h3-4,7-12,16H,5-6,13-15H2,1-2H3,(H,22,24). The smallest absolute Gasteiger partial charge is 0.255 e. The molecule has 2 aromatic carbocycles. The Morgan fingerprint density at radius 2 is 1.71 bits per heavy atom. The summed E-state index contributed by atoms with van der Waals surface area (Å²) in [5, 5.41) is 3.05. The Kier molecular flexibility index (Phi) is 5.31. The average molecular weight is 322 g/mol. The molecule has 0 aliphatic carbocycles. The normalized spacial score (nSPS) is 15.0. The Labute approximate surface area is 144 Å². The van der Waals surface area contributed by atoms with Crippen LogP contribution in [0.5, 0.6) is 0 Å². The van der Waals surface area contributed by atoms with Crippen molar-refractivity contribution in [1.82, 2.24) is 4.90 Å². The van der Waals surface area contributed by atoms with Gasteiger partial charge >= 0.3 is 0 Å². The molecule has 1 heterocycles. The number of anilines is 1. The number of para-hydroxylation sites is 1. The maximum absolute atomic E-state index is 12.5. The molecular weight excluding hydrogens is 296 g/mol. The van der Waals surface area contributed by atoms with Crippen LogP contribution < -0.4 is 5.32 Å². The van der Waals surface area contributed by atoms with Crippen LogP contribution in [0.2, 0.25) is 0 Å². The zero-order valence-electron chi connectivity index (χ0n) is 14.6. The van der Waals surface area contributed by atoms with Gasteiger partial charge in [-0.1, -0.05) is 44.2 Å². The Hall–Kier alpha value is -2.13. The van der Waals surface area contributed by atoms with Crippen molar-refractivity contribution in [2.45, 2.75) is 39.2 Å². The lowest BCUT2D eigenvalue weighted by Crippen LogP contribution is -2.18. The molecule has 3 heteroatoms. The quantitative estimate of drug-likeness (QED) is 0.868. The van der Waals surface area contributed by atoms with E-state index >= 15 is 0 Å². The van der Waals surface area contributed by atoms with Crippen molar-refractivity contribution in [3.63, 3.8) is 0 Å². The molecule has 0 radical (unpaired) electrons. The lowest BCUT2D eigenvalue weighted by Gasteiger charge is -2.15. The van der Waals surface area contributed by atoms with Crippen molar-refractivity contribution in [2.24, 2.45) is 0 Å². The molecule has 126 valence electrons. The molecule has 1 aliphatic heterocycles. The van der Waals surface area contributed by atoms with Gasteiger partial charge in [0.2, 0.25) is 0 Å². The fourth-order valence-corrected chi connectivity index (χ4v) is 3.27. The predicted molar refractivity (Wildman–Crippen MR) is 99.4 cm³/mol. The van der Waals surface area contributed by atoms with E-state index in [0.29, 0.717) is 11.5 Å².